The van der Waals surface area contributed by atoms with Crippen LogP contribution >= 0.6 is 11.8 Å². The molecule has 0 spiro atoms. The number of amides is 4. The first-order chi connectivity index (χ1) is 23.6. The number of carboxylic acids is 1. The second-order valence-corrected chi connectivity index (χ2v) is 13.5. The number of rotatable bonds is 18. The lowest BCUT2D eigenvalue weighted by molar-refractivity contribution is -0.142. The molecule has 49 heavy (non-hydrogen) atoms. The first-order valence-electron chi connectivity index (χ1n) is 16.4. The van der Waals surface area contributed by atoms with Crippen LogP contribution in [0.2, 0.25) is 0 Å². The zero-order valence-corrected chi connectivity index (χ0v) is 28.8. The average molecular weight is 685 g/mol. The maximum Gasteiger partial charge on any atom is 0.326 e. The van der Waals surface area contributed by atoms with Gasteiger partial charge in [0.2, 0.25) is 24.1 Å². The second kappa shape index (κ2) is 18.0. The first-order valence-corrected chi connectivity index (χ1v) is 17.7. The normalized spacial score (nSPS) is 13.6. The van der Waals surface area contributed by atoms with Crippen molar-refractivity contribution in [3.8, 4) is 0 Å². The highest BCUT2D eigenvalue weighted by atomic mass is 32.2. The zero-order chi connectivity index (χ0) is 35.3. The lowest BCUT2D eigenvalue weighted by Crippen LogP contribution is -2.58. The Morgan fingerprint density at radius 2 is 1.14 bits per heavy atom. The molecule has 258 valence electrons. The van der Waals surface area contributed by atoms with Crippen LogP contribution in [0.1, 0.15) is 37.8 Å². The Bertz CT molecular complexity index is 1780. The topological polar surface area (TPSA) is 154 Å². The summed E-state index contributed by atoms with van der Waals surface area (Å²) in [7, 11) is 0. The van der Waals surface area contributed by atoms with Gasteiger partial charge in [-0.2, -0.15) is 11.8 Å². The van der Waals surface area contributed by atoms with E-state index >= 15 is 0 Å². The summed E-state index contributed by atoms with van der Waals surface area (Å²) < 4.78 is 0. The zero-order valence-electron chi connectivity index (χ0n) is 28.0. The summed E-state index contributed by atoms with van der Waals surface area (Å²) in [6.45, 7) is 3.82. The number of carboxylic acid groups (broad SMARTS) is 1. The molecule has 5 N–H and O–H groups in total. The van der Waals surface area contributed by atoms with Crippen LogP contribution in [0.15, 0.2) is 84.9 Å². The van der Waals surface area contributed by atoms with E-state index in [9.17, 15) is 29.1 Å². The molecule has 0 fully saturated rings. The van der Waals surface area contributed by atoms with Gasteiger partial charge in [-0.3, -0.25) is 19.2 Å². The van der Waals surface area contributed by atoms with Crippen molar-refractivity contribution in [2.75, 3.05) is 12.0 Å². The molecule has 4 rings (SSSR count). The van der Waals surface area contributed by atoms with Gasteiger partial charge in [0, 0.05) is 12.8 Å². The van der Waals surface area contributed by atoms with E-state index < -0.39 is 47.9 Å². The third kappa shape index (κ3) is 10.8. The SMILES string of the molecule is CSCC[C@H](NC=O)C(=O)N[C@@H](CC(C)C)C(=O)N[C@@H](Cc1ccc2ccccc2c1)C(=O)N[C@@H](Cc1ccc2ccccc2c1)C(=O)O. The van der Waals surface area contributed by atoms with Crippen molar-refractivity contribution in [1.29, 1.82) is 0 Å². The van der Waals surface area contributed by atoms with Crippen molar-refractivity contribution >= 4 is 63.4 Å². The number of carbonyl (C=O) groups is 5. The molecule has 0 saturated heterocycles. The molecule has 0 aliphatic carbocycles. The molecule has 0 aromatic heterocycles. The van der Waals surface area contributed by atoms with Crippen molar-refractivity contribution in [1.82, 2.24) is 21.3 Å². The monoisotopic (exact) mass is 684 g/mol. The van der Waals surface area contributed by atoms with Crippen molar-refractivity contribution in [2.24, 2.45) is 5.92 Å². The van der Waals surface area contributed by atoms with Gasteiger partial charge in [0.25, 0.3) is 0 Å². The number of nitrogens with one attached hydrogen (secondary N) is 4. The van der Waals surface area contributed by atoms with Gasteiger partial charge >= 0.3 is 5.97 Å². The molecule has 0 unspecified atom stereocenters. The van der Waals surface area contributed by atoms with E-state index in [0.29, 0.717) is 18.6 Å². The van der Waals surface area contributed by atoms with Gasteiger partial charge in [0.1, 0.15) is 24.2 Å². The first kappa shape index (κ1) is 36.9. The minimum atomic E-state index is -1.26. The molecule has 0 aliphatic rings. The molecule has 10 nitrogen and oxygen atoms in total. The van der Waals surface area contributed by atoms with Gasteiger partial charge in [-0.1, -0.05) is 98.8 Å². The van der Waals surface area contributed by atoms with Crippen LogP contribution in [0.5, 0.6) is 0 Å². The Kier molecular flexibility index (Phi) is 13.6. The third-order valence-corrected chi connectivity index (χ3v) is 8.94. The summed E-state index contributed by atoms with van der Waals surface area (Å²) in [6, 6.07) is 22.6. The number of carbonyl (C=O) groups excluding carboxylic acids is 4. The van der Waals surface area contributed by atoms with Gasteiger partial charge in [-0.15, -0.1) is 0 Å². The fourth-order valence-corrected chi connectivity index (χ4v) is 6.21. The molecule has 4 amide bonds. The van der Waals surface area contributed by atoms with Gasteiger partial charge in [-0.25, -0.2) is 4.79 Å². The fraction of sp³-hybridized carbons (Fsp3) is 0.342. The maximum absolute atomic E-state index is 13.9. The molecule has 4 aromatic carbocycles. The van der Waals surface area contributed by atoms with Gasteiger partial charge in [-0.05, 0) is 63.4 Å². The molecule has 0 heterocycles. The molecular weight excluding hydrogens is 641 g/mol. The quantitative estimate of drug-likeness (QED) is 0.0984. The van der Waals surface area contributed by atoms with Gasteiger partial charge < -0.3 is 26.4 Å². The highest BCUT2D eigenvalue weighted by Crippen LogP contribution is 2.19. The molecule has 0 saturated carbocycles. The molecule has 4 aromatic rings. The van der Waals surface area contributed by atoms with Crippen molar-refractivity contribution < 1.29 is 29.1 Å². The highest BCUT2D eigenvalue weighted by molar-refractivity contribution is 7.98. The second-order valence-electron chi connectivity index (χ2n) is 12.5. The molecule has 11 heteroatoms. The number of hydrogen-bond acceptors (Lipinski definition) is 6. The summed E-state index contributed by atoms with van der Waals surface area (Å²) in [6.07, 6.45) is 3.12. The third-order valence-electron chi connectivity index (χ3n) is 8.29. The summed E-state index contributed by atoms with van der Waals surface area (Å²) in [5.74, 6) is -2.33. The summed E-state index contributed by atoms with van der Waals surface area (Å²) in [5.41, 5.74) is 1.50. The van der Waals surface area contributed by atoms with E-state index in [1.807, 2.05) is 105 Å². The van der Waals surface area contributed by atoms with Gasteiger partial charge in [0.15, 0.2) is 0 Å². The summed E-state index contributed by atoms with van der Waals surface area (Å²) in [4.78, 5) is 64.6. The fourth-order valence-electron chi connectivity index (χ4n) is 5.74. The van der Waals surface area contributed by atoms with Crippen LogP contribution in [0.25, 0.3) is 21.5 Å². The molecular formula is C38H44N4O6S. The predicted octanol–water partition coefficient (Wildman–Crippen LogP) is 4.23. The maximum atomic E-state index is 13.9. The summed E-state index contributed by atoms with van der Waals surface area (Å²) >= 11 is 1.53. The Morgan fingerprint density at radius 1 is 0.673 bits per heavy atom. The van der Waals surface area contributed by atoms with Crippen LogP contribution in [0.3, 0.4) is 0 Å². The Balaban J connectivity index is 1.59. The average Bonchev–Trinajstić information content (AvgIpc) is 3.08. The van der Waals surface area contributed by atoms with E-state index in [1.165, 1.54) is 11.8 Å². The van der Waals surface area contributed by atoms with Gasteiger partial charge in [0.05, 0.1) is 0 Å². The predicted molar refractivity (Wildman–Crippen MR) is 194 cm³/mol. The minimum Gasteiger partial charge on any atom is -0.480 e. The largest absolute Gasteiger partial charge is 0.480 e. The smallest absolute Gasteiger partial charge is 0.326 e. The molecule has 0 aliphatic heterocycles. The lowest BCUT2D eigenvalue weighted by Gasteiger charge is -2.27. The molecule has 0 radical (unpaired) electrons. The number of aliphatic carboxylic acids is 1. The molecule has 4 atom stereocenters. The highest BCUT2D eigenvalue weighted by Gasteiger charge is 2.31. The van der Waals surface area contributed by atoms with E-state index in [-0.39, 0.29) is 25.2 Å². The standard InChI is InChI=1S/C38H44N4O6S/c1-24(2)18-32(40-35(44)31(39-23-43)16-17-49-3)36(45)41-33(21-25-12-14-27-8-4-6-10-29(27)19-25)37(46)42-34(38(47)48)22-26-13-15-28-9-5-7-11-30(28)20-26/h4-15,19-20,23-24,31-34H,16-18,21-22H2,1-3H3,(H,39,43)(H,40,44)(H,41,45)(H,42,46)(H,47,48)/t31-,32-,33-,34-/m0/s1. The number of thioether (sulfide) groups is 1. The van der Waals surface area contributed by atoms with E-state index in [1.54, 1.807) is 0 Å². The van der Waals surface area contributed by atoms with E-state index in [4.69, 9.17) is 0 Å². The van der Waals surface area contributed by atoms with E-state index in [2.05, 4.69) is 21.3 Å². The lowest BCUT2D eigenvalue weighted by atomic mass is 9.98. The van der Waals surface area contributed by atoms with Crippen LogP contribution in [-0.2, 0) is 36.8 Å². The minimum absolute atomic E-state index is 0.00540. The van der Waals surface area contributed by atoms with Crippen LogP contribution in [0, 0.1) is 5.92 Å². The molecule has 0 bridgehead atoms. The van der Waals surface area contributed by atoms with Crippen LogP contribution in [-0.4, -0.2) is 71.4 Å². The number of fused-ring (bicyclic) bond motifs is 2. The summed E-state index contributed by atoms with van der Waals surface area (Å²) in [5, 5.41) is 24.8. The van der Waals surface area contributed by atoms with Crippen LogP contribution < -0.4 is 21.3 Å². The number of benzene rings is 4. The van der Waals surface area contributed by atoms with Crippen molar-refractivity contribution in [2.45, 2.75) is 63.7 Å². The Morgan fingerprint density at radius 3 is 1.65 bits per heavy atom. The van der Waals surface area contributed by atoms with Crippen molar-refractivity contribution in [3.63, 3.8) is 0 Å². The number of hydrogen-bond donors (Lipinski definition) is 5. The Labute approximate surface area is 290 Å². The van der Waals surface area contributed by atoms with E-state index in [0.717, 1.165) is 32.7 Å². The Hall–Kier alpha value is -4.90. The van der Waals surface area contributed by atoms with Crippen molar-refractivity contribution in [3.05, 3.63) is 96.1 Å². The van der Waals surface area contributed by atoms with Crippen LogP contribution in [0.4, 0.5) is 0 Å².